The third kappa shape index (κ3) is 1.75. The van der Waals surface area contributed by atoms with E-state index in [-0.39, 0.29) is 6.61 Å². The summed E-state index contributed by atoms with van der Waals surface area (Å²) in [5, 5.41) is 9.24. The van der Waals surface area contributed by atoms with E-state index in [0.717, 1.165) is 18.7 Å². The van der Waals surface area contributed by atoms with Gasteiger partial charge in [-0.2, -0.15) is 0 Å². The van der Waals surface area contributed by atoms with Crippen LogP contribution in [0.4, 0.5) is 5.69 Å². The van der Waals surface area contributed by atoms with Crippen molar-refractivity contribution in [1.82, 2.24) is 0 Å². The van der Waals surface area contributed by atoms with Gasteiger partial charge in [-0.25, -0.2) is 0 Å². The highest BCUT2D eigenvalue weighted by molar-refractivity contribution is 5.55. The Balaban J connectivity index is 2.33. The van der Waals surface area contributed by atoms with Crippen molar-refractivity contribution < 1.29 is 5.11 Å². The van der Waals surface area contributed by atoms with Crippen molar-refractivity contribution in [2.24, 2.45) is 0 Å². The molecule has 1 aromatic rings. The summed E-state index contributed by atoms with van der Waals surface area (Å²) >= 11 is 0. The molecule has 1 aromatic carbocycles. The van der Waals surface area contributed by atoms with E-state index in [0.29, 0.717) is 0 Å². The molecule has 1 heterocycles. The lowest BCUT2D eigenvalue weighted by Crippen LogP contribution is -2.19. The summed E-state index contributed by atoms with van der Waals surface area (Å²) < 4.78 is 0. The lowest BCUT2D eigenvalue weighted by Gasteiger charge is -2.21. The van der Waals surface area contributed by atoms with Crippen LogP contribution in [0.5, 0.6) is 0 Å². The zero-order chi connectivity index (χ0) is 9.97. The molecule has 0 aliphatic carbocycles. The standard InChI is InChI=1S/C12H17NO/c1-10-4-5-11(9-14)12(8-10)13-6-2-3-7-13/h4-5,8,14H,2-3,6-7,9H2,1H3. The predicted octanol–water partition coefficient (Wildman–Crippen LogP) is 2.09. The minimum atomic E-state index is 0.145. The SMILES string of the molecule is Cc1ccc(CO)c(N2CCCC2)c1. The van der Waals surface area contributed by atoms with E-state index in [2.05, 4.69) is 24.0 Å². The highest BCUT2D eigenvalue weighted by Crippen LogP contribution is 2.25. The van der Waals surface area contributed by atoms with E-state index in [1.165, 1.54) is 24.1 Å². The van der Waals surface area contributed by atoms with E-state index in [4.69, 9.17) is 0 Å². The fourth-order valence-electron chi connectivity index (χ4n) is 2.06. The molecule has 0 aromatic heterocycles. The number of aliphatic hydroxyl groups excluding tert-OH is 1. The maximum atomic E-state index is 9.24. The number of benzene rings is 1. The highest BCUT2D eigenvalue weighted by atomic mass is 16.3. The van der Waals surface area contributed by atoms with Crippen LogP contribution in [0.1, 0.15) is 24.0 Å². The van der Waals surface area contributed by atoms with Gasteiger partial charge in [0.15, 0.2) is 0 Å². The first kappa shape index (κ1) is 9.53. The minimum Gasteiger partial charge on any atom is -0.392 e. The Kier molecular flexibility index (Phi) is 2.73. The van der Waals surface area contributed by atoms with Gasteiger partial charge in [-0.15, -0.1) is 0 Å². The van der Waals surface area contributed by atoms with Gasteiger partial charge in [-0.3, -0.25) is 0 Å². The topological polar surface area (TPSA) is 23.5 Å². The monoisotopic (exact) mass is 191 g/mol. The number of aliphatic hydroxyl groups is 1. The van der Waals surface area contributed by atoms with Gasteiger partial charge in [0.25, 0.3) is 0 Å². The van der Waals surface area contributed by atoms with Crippen molar-refractivity contribution in [2.75, 3.05) is 18.0 Å². The third-order valence-electron chi connectivity index (χ3n) is 2.86. The summed E-state index contributed by atoms with van der Waals surface area (Å²) in [6, 6.07) is 6.27. The molecule has 2 rings (SSSR count). The third-order valence-corrected chi connectivity index (χ3v) is 2.86. The molecule has 0 saturated carbocycles. The van der Waals surface area contributed by atoms with Crippen LogP contribution in [0.3, 0.4) is 0 Å². The molecule has 2 heteroatoms. The molecule has 0 unspecified atom stereocenters. The summed E-state index contributed by atoms with van der Waals surface area (Å²) in [5.74, 6) is 0. The summed E-state index contributed by atoms with van der Waals surface area (Å²) in [7, 11) is 0. The van der Waals surface area contributed by atoms with Crippen LogP contribution in [0.15, 0.2) is 18.2 Å². The summed E-state index contributed by atoms with van der Waals surface area (Å²) in [6.07, 6.45) is 2.55. The second-order valence-electron chi connectivity index (χ2n) is 3.98. The average molecular weight is 191 g/mol. The molecule has 0 atom stereocenters. The van der Waals surface area contributed by atoms with Crippen molar-refractivity contribution in [1.29, 1.82) is 0 Å². The number of aryl methyl sites for hydroxylation is 1. The Labute approximate surface area is 85.2 Å². The van der Waals surface area contributed by atoms with Gasteiger partial charge >= 0.3 is 0 Å². The van der Waals surface area contributed by atoms with Gasteiger partial charge in [0.2, 0.25) is 0 Å². The Hall–Kier alpha value is -1.02. The van der Waals surface area contributed by atoms with Crippen molar-refractivity contribution in [3.05, 3.63) is 29.3 Å². The number of hydrogen-bond donors (Lipinski definition) is 1. The van der Waals surface area contributed by atoms with E-state index in [9.17, 15) is 5.11 Å². The van der Waals surface area contributed by atoms with Gasteiger partial charge in [-0.05, 0) is 31.4 Å². The predicted molar refractivity (Wildman–Crippen MR) is 58.5 cm³/mol. The molecule has 76 valence electrons. The van der Waals surface area contributed by atoms with E-state index in [1.54, 1.807) is 0 Å². The van der Waals surface area contributed by atoms with Gasteiger partial charge in [-0.1, -0.05) is 12.1 Å². The molecule has 1 saturated heterocycles. The zero-order valence-corrected chi connectivity index (χ0v) is 8.66. The summed E-state index contributed by atoms with van der Waals surface area (Å²) in [6.45, 7) is 4.51. The zero-order valence-electron chi connectivity index (χ0n) is 8.66. The first-order valence-electron chi connectivity index (χ1n) is 5.26. The molecule has 0 bridgehead atoms. The van der Waals surface area contributed by atoms with Crippen LogP contribution >= 0.6 is 0 Å². The molecular formula is C12H17NO. The fraction of sp³-hybridized carbons (Fsp3) is 0.500. The Morgan fingerprint density at radius 1 is 1.29 bits per heavy atom. The highest BCUT2D eigenvalue weighted by Gasteiger charge is 2.15. The van der Waals surface area contributed by atoms with Crippen molar-refractivity contribution >= 4 is 5.69 Å². The molecule has 14 heavy (non-hydrogen) atoms. The van der Waals surface area contributed by atoms with Crippen LogP contribution < -0.4 is 4.90 Å². The molecule has 1 N–H and O–H groups in total. The van der Waals surface area contributed by atoms with Crippen molar-refractivity contribution in [3.8, 4) is 0 Å². The molecule has 2 nitrogen and oxygen atoms in total. The lowest BCUT2D eigenvalue weighted by molar-refractivity contribution is 0.282. The van der Waals surface area contributed by atoms with Crippen molar-refractivity contribution in [2.45, 2.75) is 26.4 Å². The van der Waals surface area contributed by atoms with Crippen LogP contribution in [-0.2, 0) is 6.61 Å². The second-order valence-corrected chi connectivity index (χ2v) is 3.98. The van der Waals surface area contributed by atoms with Crippen LogP contribution in [0.2, 0.25) is 0 Å². The lowest BCUT2D eigenvalue weighted by atomic mass is 10.1. The molecular weight excluding hydrogens is 174 g/mol. The molecule has 0 amide bonds. The summed E-state index contributed by atoms with van der Waals surface area (Å²) in [4.78, 5) is 2.37. The van der Waals surface area contributed by atoms with Gasteiger partial charge in [0.05, 0.1) is 6.61 Å². The van der Waals surface area contributed by atoms with Gasteiger partial charge < -0.3 is 10.0 Å². The molecule has 0 radical (unpaired) electrons. The van der Waals surface area contributed by atoms with E-state index < -0.39 is 0 Å². The Bertz CT molecular complexity index is 316. The maximum absolute atomic E-state index is 9.24. The quantitative estimate of drug-likeness (QED) is 0.773. The normalized spacial score (nSPS) is 16.3. The maximum Gasteiger partial charge on any atom is 0.0702 e. The van der Waals surface area contributed by atoms with Gasteiger partial charge in [0, 0.05) is 24.3 Å². The summed E-state index contributed by atoms with van der Waals surface area (Å²) in [5.41, 5.74) is 3.55. The first-order chi connectivity index (χ1) is 6.81. The second kappa shape index (κ2) is 4.01. The minimum absolute atomic E-state index is 0.145. The molecule has 1 fully saturated rings. The first-order valence-corrected chi connectivity index (χ1v) is 5.26. The van der Waals surface area contributed by atoms with Crippen LogP contribution in [-0.4, -0.2) is 18.2 Å². The van der Waals surface area contributed by atoms with E-state index >= 15 is 0 Å². The van der Waals surface area contributed by atoms with Crippen molar-refractivity contribution in [3.63, 3.8) is 0 Å². The number of rotatable bonds is 2. The molecule has 1 aliphatic heterocycles. The number of anilines is 1. The number of hydrogen-bond acceptors (Lipinski definition) is 2. The molecule has 0 spiro atoms. The van der Waals surface area contributed by atoms with Crippen LogP contribution in [0, 0.1) is 6.92 Å². The Morgan fingerprint density at radius 2 is 2.00 bits per heavy atom. The largest absolute Gasteiger partial charge is 0.392 e. The van der Waals surface area contributed by atoms with E-state index in [1.807, 2.05) is 6.07 Å². The average Bonchev–Trinajstić information content (AvgIpc) is 2.70. The smallest absolute Gasteiger partial charge is 0.0702 e. The molecule has 1 aliphatic rings. The Morgan fingerprint density at radius 3 is 2.64 bits per heavy atom. The number of nitrogens with zero attached hydrogens (tertiary/aromatic N) is 1. The fourth-order valence-corrected chi connectivity index (χ4v) is 2.06. The van der Waals surface area contributed by atoms with Crippen LogP contribution in [0.25, 0.3) is 0 Å². The van der Waals surface area contributed by atoms with Gasteiger partial charge in [0.1, 0.15) is 0 Å².